The Labute approximate surface area is 194 Å². The van der Waals surface area contributed by atoms with E-state index < -0.39 is 16.6 Å². The van der Waals surface area contributed by atoms with Gasteiger partial charge in [0.25, 0.3) is 0 Å². The lowest BCUT2D eigenvalue weighted by molar-refractivity contribution is -0.131. The van der Waals surface area contributed by atoms with E-state index in [-0.39, 0.29) is 12.2 Å². The molecule has 1 atom stereocenters. The molecule has 1 amide bonds. The minimum Gasteiger partial charge on any atom is -0.444 e. The molecule has 0 aromatic carbocycles. The maximum atomic E-state index is 12.6. The molecule has 2 aliphatic rings. The highest BCUT2D eigenvalue weighted by atomic mass is 35.5. The summed E-state index contributed by atoms with van der Waals surface area (Å²) in [6.45, 7) is 12.8. The summed E-state index contributed by atoms with van der Waals surface area (Å²) in [6, 6.07) is 1.98. The Morgan fingerprint density at radius 3 is 2.47 bits per heavy atom. The van der Waals surface area contributed by atoms with Gasteiger partial charge in [0.05, 0.1) is 27.9 Å². The molecule has 2 aromatic rings. The van der Waals surface area contributed by atoms with Crippen molar-refractivity contribution in [2.24, 2.45) is 7.05 Å². The van der Waals surface area contributed by atoms with E-state index in [0.29, 0.717) is 31.0 Å². The van der Waals surface area contributed by atoms with Crippen LogP contribution in [0.4, 0.5) is 4.79 Å². The predicted molar refractivity (Wildman–Crippen MR) is 121 cm³/mol. The number of rotatable bonds is 2. The highest BCUT2D eigenvalue weighted by Crippen LogP contribution is 2.55. The van der Waals surface area contributed by atoms with Gasteiger partial charge in [-0.2, -0.15) is 5.10 Å². The van der Waals surface area contributed by atoms with Crippen LogP contribution in [0.1, 0.15) is 76.3 Å². The Hall–Kier alpha value is -2.19. The molecule has 8 nitrogen and oxygen atoms in total. The average Bonchev–Trinajstić information content (AvgIpc) is 3.25. The Morgan fingerprint density at radius 1 is 1.25 bits per heavy atom. The lowest BCUT2D eigenvalue weighted by Crippen LogP contribution is -2.47. The first-order chi connectivity index (χ1) is 14.8. The van der Waals surface area contributed by atoms with E-state index in [2.05, 4.69) is 23.9 Å². The summed E-state index contributed by atoms with van der Waals surface area (Å²) < 4.78 is 14.2. The summed E-state index contributed by atoms with van der Waals surface area (Å²) in [5.41, 5.74) is 1.11. The van der Waals surface area contributed by atoms with Gasteiger partial charge in [-0.1, -0.05) is 11.6 Å². The molecule has 0 saturated carbocycles. The van der Waals surface area contributed by atoms with Crippen LogP contribution in [0.2, 0.25) is 5.02 Å². The standard InChI is InChI=1S/C23H32ClN5O3/c1-14-16(24)12-15-17(27-14)23(8-10-29(11-9-23)20(30)32-21(2,3)4)31-18(15)22(5,6)19-25-13-26-28(19)7/h12-13,18H,8-11H2,1-7H3. The molecule has 1 spiro atoms. The lowest BCUT2D eigenvalue weighted by atomic mass is 9.81. The maximum absolute atomic E-state index is 12.6. The van der Waals surface area contributed by atoms with Crippen LogP contribution in [-0.4, -0.2) is 49.4 Å². The summed E-state index contributed by atoms with van der Waals surface area (Å²) >= 11 is 6.50. The lowest BCUT2D eigenvalue weighted by Gasteiger charge is -2.40. The van der Waals surface area contributed by atoms with Crippen LogP contribution < -0.4 is 0 Å². The summed E-state index contributed by atoms with van der Waals surface area (Å²) in [4.78, 5) is 23.7. The molecule has 4 heterocycles. The van der Waals surface area contributed by atoms with Crippen LogP contribution in [0, 0.1) is 6.92 Å². The quantitative estimate of drug-likeness (QED) is 0.657. The summed E-state index contributed by atoms with van der Waals surface area (Å²) in [5, 5.41) is 4.87. The Morgan fingerprint density at radius 2 is 1.91 bits per heavy atom. The fourth-order valence-electron chi connectivity index (χ4n) is 4.77. The first-order valence-corrected chi connectivity index (χ1v) is 11.4. The highest BCUT2D eigenvalue weighted by Gasteiger charge is 2.54. The average molecular weight is 462 g/mol. The molecule has 1 fully saturated rings. The Kier molecular flexibility index (Phi) is 5.53. The number of fused-ring (bicyclic) bond motifs is 2. The Balaban J connectivity index is 1.67. The van der Waals surface area contributed by atoms with Crippen molar-refractivity contribution in [2.75, 3.05) is 13.1 Å². The number of ether oxygens (including phenoxy) is 2. The zero-order valence-electron chi connectivity index (χ0n) is 19.9. The molecule has 1 unspecified atom stereocenters. The van der Waals surface area contributed by atoms with Crippen molar-refractivity contribution in [3.8, 4) is 0 Å². The molecule has 4 rings (SSSR count). The second-order valence-electron chi connectivity index (χ2n) is 10.4. The SMILES string of the molecule is Cc1nc2c(cc1Cl)C(C(C)(C)c1ncnn1C)OC21CCN(C(=O)OC(C)(C)C)CC1. The van der Waals surface area contributed by atoms with Crippen molar-refractivity contribution < 1.29 is 14.3 Å². The predicted octanol–water partition coefficient (Wildman–Crippen LogP) is 4.45. The number of aryl methyl sites for hydroxylation is 2. The third-order valence-electron chi connectivity index (χ3n) is 6.40. The van der Waals surface area contributed by atoms with Gasteiger partial charge in [0.2, 0.25) is 0 Å². The number of piperidine rings is 1. The van der Waals surface area contributed by atoms with Crippen molar-refractivity contribution in [3.05, 3.63) is 40.2 Å². The first-order valence-electron chi connectivity index (χ1n) is 11.0. The molecule has 0 bridgehead atoms. The summed E-state index contributed by atoms with van der Waals surface area (Å²) in [5.74, 6) is 0.827. The minimum atomic E-state index is -0.580. The Bertz CT molecular complexity index is 1030. The molecule has 0 radical (unpaired) electrons. The fourth-order valence-corrected chi connectivity index (χ4v) is 4.93. The van der Waals surface area contributed by atoms with E-state index in [1.165, 1.54) is 0 Å². The van der Waals surface area contributed by atoms with Crippen molar-refractivity contribution in [1.29, 1.82) is 0 Å². The van der Waals surface area contributed by atoms with E-state index >= 15 is 0 Å². The molecular weight excluding hydrogens is 430 g/mol. The highest BCUT2D eigenvalue weighted by molar-refractivity contribution is 6.31. The van der Waals surface area contributed by atoms with Crippen molar-refractivity contribution in [1.82, 2.24) is 24.6 Å². The fraction of sp³-hybridized carbons (Fsp3) is 0.652. The second-order valence-corrected chi connectivity index (χ2v) is 10.8. The van der Waals surface area contributed by atoms with Gasteiger partial charge in [0.1, 0.15) is 23.4 Å². The number of halogens is 1. The number of nitrogens with zero attached hydrogens (tertiary/aromatic N) is 5. The number of carbonyl (C=O) groups excluding carboxylic acids is 1. The molecule has 0 aliphatic carbocycles. The van der Waals surface area contributed by atoms with Gasteiger partial charge in [-0.05, 0) is 60.5 Å². The van der Waals surface area contributed by atoms with Gasteiger partial charge in [0, 0.05) is 25.7 Å². The number of likely N-dealkylation sites (tertiary alicyclic amines) is 1. The van der Waals surface area contributed by atoms with Crippen LogP contribution in [0.5, 0.6) is 0 Å². The van der Waals surface area contributed by atoms with E-state index in [1.807, 2.05) is 40.8 Å². The van der Waals surface area contributed by atoms with Gasteiger partial charge in [-0.15, -0.1) is 0 Å². The number of pyridine rings is 1. The molecule has 2 aliphatic heterocycles. The number of aromatic nitrogens is 4. The third-order valence-corrected chi connectivity index (χ3v) is 6.79. The molecule has 9 heteroatoms. The van der Waals surface area contributed by atoms with Gasteiger partial charge < -0.3 is 14.4 Å². The zero-order valence-corrected chi connectivity index (χ0v) is 20.7. The van der Waals surface area contributed by atoms with E-state index in [1.54, 1.807) is 15.9 Å². The van der Waals surface area contributed by atoms with Crippen LogP contribution in [0.3, 0.4) is 0 Å². The summed E-state index contributed by atoms with van der Waals surface area (Å²) in [6.07, 6.45) is 2.25. The molecule has 0 N–H and O–H groups in total. The number of carbonyl (C=O) groups is 1. The molecule has 32 heavy (non-hydrogen) atoms. The van der Waals surface area contributed by atoms with Crippen molar-refractivity contribution in [2.45, 2.75) is 77.1 Å². The van der Waals surface area contributed by atoms with E-state index in [4.69, 9.17) is 26.1 Å². The largest absolute Gasteiger partial charge is 0.444 e. The van der Waals surface area contributed by atoms with E-state index in [0.717, 1.165) is 22.8 Å². The van der Waals surface area contributed by atoms with Gasteiger partial charge in [-0.25, -0.2) is 9.78 Å². The van der Waals surface area contributed by atoms with Gasteiger partial charge >= 0.3 is 6.09 Å². The van der Waals surface area contributed by atoms with Crippen LogP contribution in [0.15, 0.2) is 12.4 Å². The molecule has 1 saturated heterocycles. The smallest absolute Gasteiger partial charge is 0.410 e. The number of hydrogen-bond donors (Lipinski definition) is 0. The summed E-state index contributed by atoms with van der Waals surface area (Å²) in [7, 11) is 1.88. The van der Waals surface area contributed by atoms with Crippen LogP contribution in [0.25, 0.3) is 0 Å². The topological polar surface area (TPSA) is 82.4 Å². The minimum absolute atomic E-state index is 0.290. The van der Waals surface area contributed by atoms with Crippen molar-refractivity contribution in [3.63, 3.8) is 0 Å². The van der Waals surface area contributed by atoms with E-state index in [9.17, 15) is 4.79 Å². The van der Waals surface area contributed by atoms with Crippen LogP contribution in [-0.2, 0) is 27.5 Å². The van der Waals surface area contributed by atoms with Crippen molar-refractivity contribution >= 4 is 17.7 Å². The van der Waals surface area contributed by atoms with Crippen LogP contribution >= 0.6 is 11.6 Å². The monoisotopic (exact) mass is 461 g/mol. The third kappa shape index (κ3) is 3.88. The number of hydrogen-bond acceptors (Lipinski definition) is 6. The second kappa shape index (κ2) is 7.70. The number of amides is 1. The maximum Gasteiger partial charge on any atom is 0.410 e. The molecule has 174 valence electrons. The first kappa shape index (κ1) is 23.0. The molecule has 2 aromatic heterocycles. The van der Waals surface area contributed by atoms with Gasteiger partial charge in [0.15, 0.2) is 0 Å². The van der Waals surface area contributed by atoms with Gasteiger partial charge in [-0.3, -0.25) is 9.67 Å². The molecular formula is C23H32ClN5O3. The normalized spacial score (nSPS) is 20.5. The zero-order chi connectivity index (χ0) is 23.5.